The molecular weight excluding hydrogens is 269 g/mol. The van der Waals surface area contributed by atoms with Crippen LogP contribution in [0.4, 0.5) is 13.2 Å². The van der Waals surface area contributed by atoms with Crippen molar-refractivity contribution in [1.82, 2.24) is 9.97 Å². The summed E-state index contributed by atoms with van der Waals surface area (Å²) in [5.41, 5.74) is 0.793. The maximum Gasteiger partial charge on any atom is 0.416 e. The number of Topliss-reactive ketones (excluding diaryl/α,β-unsaturated/α-hetero) is 1. The van der Waals surface area contributed by atoms with Gasteiger partial charge >= 0.3 is 6.18 Å². The van der Waals surface area contributed by atoms with Crippen LogP contribution in [0.5, 0.6) is 0 Å². The molecule has 0 fully saturated rings. The summed E-state index contributed by atoms with van der Waals surface area (Å²) >= 11 is 0. The van der Waals surface area contributed by atoms with E-state index in [0.29, 0.717) is 17.0 Å². The predicted octanol–water partition coefficient (Wildman–Crippen LogP) is 3.67. The molecule has 0 atom stereocenters. The van der Waals surface area contributed by atoms with Crippen molar-refractivity contribution >= 4 is 5.78 Å². The first kappa shape index (κ1) is 14.2. The van der Waals surface area contributed by atoms with Gasteiger partial charge in [-0.3, -0.25) is 4.79 Å². The average molecular weight is 280 g/mol. The summed E-state index contributed by atoms with van der Waals surface area (Å²) in [6.07, 6.45) is -4.37. The highest BCUT2D eigenvalue weighted by atomic mass is 19.4. The molecule has 2 rings (SSSR count). The molecule has 0 bridgehead atoms. The molecule has 0 aliphatic heterocycles. The molecule has 0 unspecified atom stereocenters. The van der Waals surface area contributed by atoms with Crippen LogP contribution in [0, 0.1) is 6.92 Å². The minimum Gasteiger partial charge on any atom is -0.291 e. The van der Waals surface area contributed by atoms with Crippen molar-refractivity contribution in [2.45, 2.75) is 20.0 Å². The van der Waals surface area contributed by atoms with E-state index in [9.17, 15) is 18.0 Å². The fourth-order valence-corrected chi connectivity index (χ4v) is 1.70. The summed E-state index contributed by atoms with van der Waals surface area (Å²) in [7, 11) is 0. The second-order valence-electron chi connectivity index (χ2n) is 4.35. The lowest BCUT2D eigenvalue weighted by molar-refractivity contribution is -0.137. The summed E-state index contributed by atoms with van der Waals surface area (Å²) < 4.78 is 37.5. The lowest BCUT2D eigenvalue weighted by Crippen LogP contribution is -2.05. The molecule has 2 aromatic rings. The number of ketones is 1. The van der Waals surface area contributed by atoms with E-state index in [1.165, 1.54) is 19.1 Å². The monoisotopic (exact) mass is 280 g/mol. The van der Waals surface area contributed by atoms with E-state index in [1.54, 1.807) is 13.0 Å². The lowest BCUT2D eigenvalue weighted by Gasteiger charge is -2.08. The number of aromatic nitrogens is 2. The van der Waals surface area contributed by atoms with Crippen molar-refractivity contribution in [3.8, 4) is 11.3 Å². The first-order chi connectivity index (χ1) is 9.27. The highest BCUT2D eigenvalue weighted by molar-refractivity contribution is 5.90. The SMILES string of the molecule is CC(=O)c1nc(C)cc(-c2ccc(C(F)(F)F)cc2)n1. The van der Waals surface area contributed by atoms with Gasteiger partial charge in [0.2, 0.25) is 0 Å². The highest BCUT2D eigenvalue weighted by Gasteiger charge is 2.30. The first-order valence-electron chi connectivity index (χ1n) is 5.81. The van der Waals surface area contributed by atoms with Crippen molar-refractivity contribution in [2.24, 2.45) is 0 Å². The molecule has 0 spiro atoms. The van der Waals surface area contributed by atoms with Crippen LogP contribution in [0.25, 0.3) is 11.3 Å². The third-order valence-corrected chi connectivity index (χ3v) is 2.68. The number of halogens is 3. The summed E-state index contributed by atoms with van der Waals surface area (Å²) in [4.78, 5) is 19.3. The molecule has 1 heterocycles. The van der Waals surface area contributed by atoms with E-state index < -0.39 is 11.7 Å². The van der Waals surface area contributed by atoms with Gasteiger partial charge < -0.3 is 0 Å². The van der Waals surface area contributed by atoms with Gasteiger partial charge in [0.15, 0.2) is 11.6 Å². The minimum atomic E-state index is -4.37. The highest BCUT2D eigenvalue weighted by Crippen LogP contribution is 2.30. The fourth-order valence-electron chi connectivity index (χ4n) is 1.70. The summed E-state index contributed by atoms with van der Waals surface area (Å²) in [6, 6.07) is 6.25. The first-order valence-corrected chi connectivity index (χ1v) is 5.81. The van der Waals surface area contributed by atoms with Gasteiger partial charge in [0.25, 0.3) is 0 Å². The second-order valence-corrected chi connectivity index (χ2v) is 4.35. The van der Waals surface area contributed by atoms with E-state index in [-0.39, 0.29) is 11.6 Å². The Hall–Kier alpha value is -2.24. The summed E-state index contributed by atoms with van der Waals surface area (Å²) in [5, 5.41) is 0. The van der Waals surface area contributed by atoms with Crippen molar-refractivity contribution in [3.63, 3.8) is 0 Å². The van der Waals surface area contributed by atoms with Crippen LogP contribution in [-0.2, 0) is 6.18 Å². The Morgan fingerprint density at radius 1 is 1.10 bits per heavy atom. The van der Waals surface area contributed by atoms with E-state index >= 15 is 0 Å². The smallest absolute Gasteiger partial charge is 0.291 e. The fraction of sp³-hybridized carbons (Fsp3) is 0.214. The molecule has 1 aromatic heterocycles. The Morgan fingerprint density at radius 3 is 2.20 bits per heavy atom. The number of hydrogen-bond acceptors (Lipinski definition) is 3. The Balaban J connectivity index is 2.44. The molecule has 0 N–H and O–H groups in total. The Labute approximate surface area is 113 Å². The number of carbonyl (C=O) groups is 1. The van der Waals surface area contributed by atoms with E-state index in [2.05, 4.69) is 9.97 Å². The predicted molar refractivity (Wildman–Crippen MR) is 67.2 cm³/mol. The van der Waals surface area contributed by atoms with Crippen LogP contribution >= 0.6 is 0 Å². The maximum atomic E-state index is 12.5. The molecule has 0 saturated heterocycles. The Kier molecular flexibility index (Phi) is 3.57. The van der Waals surface area contributed by atoms with Crippen molar-refractivity contribution in [1.29, 1.82) is 0 Å². The Morgan fingerprint density at radius 2 is 1.70 bits per heavy atom. The number of benzene rings is 1. The Bertz CT molecular complexity index is 648. The molecule has 0 saturated carbocycles. The average Bonchev–Trinajstić information content (AvgIpc) is 2.37. The molecule has 3 nitrogen and oxygen atoms in total. The van der Waals surface area contributed by atoms with Gasteiger partial charge in [0, 0.05) is 18.2 Å². The van der Waals surface area contributed by atoms with Gasteiger partial charge in [-0.15, -0.1) is 0 Å². The standard InChI is InChI=1S/C14H11F3N2O/c1-8-7-12(19-13(18-8)9(2)20)10-3-5-11(6-4-10)14(15,16)17/h3-7H,1-2H3. The molecule has 0 aliphatic rings. The van der Waals surface area contributed by atoms with Crippen LogP contribution in [0.15, 0.2) is 30.3 Å². The molecule has 0 amide bonds. The van der Waals surface area contributed by atoms with Crippen molar-refractivity contribution < 1.29 is 18.0 Å². The van der Waals surface area contributed by atoms with E-state index in [0.717, 1.165) is 12.1 Å². The zero-order valence-electron chi connectivity index (χ0n) is 10.8. The lowest BCUT2D eigenvalue weighted by atomic mass is 10.1. The molecule has 0 aliphatic carbocycles. The quantitative estimate of drug-likeness (QED) is 0.788. The third kappa shape index (κ3) is 3.01. The molecule has 104 valence electrons. The summed E-state index contributed by atoms with van der Waals surface area (Å²) in [5.74, 6) is -0.234. The van der Waals surface area contributed by atoms with Crippen LogP contribution in [0.2, 0.25) is 0 Å². The number of carbonyl (C=O) groups excluding carboxylic acids is 1. The summed E-state index contributed by atoms with van der Waals surface area (Å²) in [6.45, 7) is 3.03. The number of aryl methyl sites for hydroxylation is 1. The zero-order chi connectivity index (χ0) is 14.9. The van der Waals surface area contributed by atoms with E-state index in [1.807, 2.05) is 0 Å². The molecular formula is C14H11F3N2O. The second kappa shape index (κ2) is 5.03. The van der Waals surface area contributed by atoms with Crippen LogP contribution in [0.1, 0.15) is 28.8 Å². The van der Waals surface area contributed by atoms with Crippen LogP contribution in [0.3, 0.4) is 0 Å². The van der Waals surface area contributed by atoms with Gasteiger partial charge in [-0.25, -0.2) is 9.97 Å². The van der Waals surface area contributed by atoms with Gasteiger partial charge in [-0.2, -0.15) is 13.2 Å². The molecule has 0 radical (unpaired) electrons. The van der Waals surface area contributed by atoms with Gasteiger partial charge in [0.1, 0.15) is 0 Å². The van der Waals surface area contributed by atoms with Crippen LogP contribution < -0.4 is 0 Å². The van der Waals surface area contributed by atoms with Gasteiger partial charge in [-0.1, -0.05) is 12.1 Å². The molecule has 20 heavy (non-hydrogen) atoms. The normalized spacial score (nSPS) is 11.4. The maximum absolute atomic E-state index is 12.5. The molecule has 6 heteroatoms. The number of alkyl halides is 3. The number of nitrogens with zero attached hydrogens (tertiary/aromatic N) is 2. The topological polar surface area (TPSA) is 42.9 Å². The number of hydrogen-bond donors (Lipinski definition) is 0. The largest absolute Gasteiger partial charge is 0.416 e. The van der Waals surface area contributed by atoms with Crippen LogP contribution in [-0.4, -0.2) is 15.8 Å². The van der Waals surface area contributed by atoms with Crippen molar-refractivity contribution in [2.75, 3.05) is 0 Å². The number of rotatable bonds is 2. The third-order valence-electron chi connectivity index (χ3n) is 2.68. The van der Waals surface area contributed by atoms with Gasteiger partial charge in [0.05, 0.1) is 11.3 Å². The minimum absolute atomic E-state index is 0.0555. The zero-order valence-corrected chi connectivity index (χ0v) is 10.8. The molecule has 1 aromatic carbocycles. The van der Waals surface area contributed by atoms with E-state index in [4.69, 9.17) is 0 Å². The van der Waals surface area contributed by atoms with Gasteiger partial charge in [-0.05, 0) is 25.1 Å². The van der Waals surface area contributed by atoms with Crippen molar-refractivity contribution in [3.05, 3.63) is 47.4 Å².